The van der Waals surface area contributed by atoms with Gasteiger partial charge in [0, 0.05) is 43.9 Å². The lowest BCUT2D eigenvalue weighted by atomic mass is 10.2. The molecule has 0 spiro atoms. The van der Waals surface area contributed by atoms with Gasteiger partial charge in [0.2, 0.25) is 5.91 Å². The van der Waals surface area contributed by atoms with Gasteiger partial charge in [-0.1, -0.05) is 18.5 Å². The number of carbonyl (C=O) groups is 2. The normalized spacial score (nSPS) is 13.5. The van der Waals surface area contributed by atoms with Gasteiger partial charge >= 0.3 is 0 Å². The van der Waals surface area contributed by atoms with Crippen LogP contribution in [0.3, 0.4) is 0 Å². The molecule has 0 unspecified atom stereocenters. The van der Waals surface area contributed by atoms with Crippen LogP contribution in [0.1, 0.15) is 30.6 Å². The number of ether oxygens (including phenoxy) is 1. The maximum Gasteiger partial charge on any atom is 0.257 e. The van der Waals surface area contributed by atoms with Crippen LogP contribution in [0, 0.1) is 0 Å². The lowest BCUT2D eigenvalue weighted by molar-refractivity contribution is -0.131. The second kappa shape index (κ2) is 11.2. The monoisotopic (exact) mass is 474 g/mol. The molecule has 2 N–H and O–H groups in total. The quantitative estimate of drug-likeness (QED) is 0.618. The summed E-state index contributed by atoms with van der Waals surface area (Å²) in [6.07, 6.45) is 0.524. The number of nitrogens with zero attached hydrogens (tertiary/aromatic N) is 2. The molecule has 170 valence electrons. The molecule has 0 aromatic heterocycles. The van der Waals surface area contributed by atoms with E-state index in [1.807, 2.05) is 30.9 Å². The summed E-state index contributed by atoms with van der Waals surface area (Å²) in [6, 6.07) is 12.4. The molecule has 1 aliphatic heterocycles. The molecule has 1 heterocycles. The summed E-state index contributed by atoms with van der Waals surface area (Å²) in [5.74, 6) is 0.571. The number of halogens is 1. The lowest BCUT2D eigenvalue weighted by Crippen LogP contribution is -2.48. The summed E-state index contributed by atoms with van der Waals surface area (Å²) in [5.41, 5.74) is 2.06. The highest BCUT2D eigenvalue weighted by atomic mass is 35.5. The smallest absolute Gasteiger partial charge is 0.257 e. The number of piperazine rings is 1. The molecule has 0 saturated carbocycles. The molecule has 2 aromatic carbocycles. The highest BCUT2D eigenvalue weighted by Gasteiger charge is 2.21. The van der Waals surface area contributed by atoms with Gasteiger partial charge in [0.15, 0.2) is 5.11 Å². The van der Waals surface area contributed by atoms with Crippen molar-refractivity contribution in [3.63, 3.8) is 0 Å². The lowest BCUT2D eigenvalue weighted by Gasteiger charge is -2.36. The summed E-state index contributed by atoms with van der Waals surface area (Å²) in [6.45, 7) is 7.18. The summed E-state index contributed by atoms with van der Waals surface area (Å²) in [5, 5.41) is 6.41. The van der Waals surface area contributed by atoms with Crippen LogP contribution in [-0.2, 0) is 4.79 Å². The van der Waals surface area contributed by atoms with E-state index in [-0.39, 0.29) is 16.9 Å². The van der Waals surface area contributed by atoms with E-state index in [9.17, 15) is 9.59 Å². The van der Waals surface area contributed by atoms with Crippen LogP contribution in [0.5, 0.6) is 5.75 Å². The Labute approximate surface area is 198 Å². The number of anilines is 2. The molecule has 0 bridgehead atoms. The average Bonchev–Trinajstić information content (AvgIpc) is 2.79. The van der Waals surface area contributed by atoms with Gasteiger partial charge in [-0.05, 0) is 61.6 Å². The zero-order chi connectivity index (χ0) is 23.1. The Morgan fingerprint density at radius 2 is 1.75 bits per heavy atom. The first kappa shape index (κ1) is 23.8. The molecular formula is C23H27ClN4O3S. The third kappa shape index (κ3) is 6.11. The van der Waals surface area contributed by atoms with Crippen molar-refractivity contribution < 1.29 is 14.3 Å². The zero-order valence-corrected chi connectivity index (χ0v) is 19.8. The predicted octanol–water partition coefficient (Wildman–Crippen LogP) is 3.92. The van der Waals surface area contributed by atoms with E-state index < -0.39 is 0 Å². The SMILES string of the molecule is CCOc1ccc(C(=O)NC(=S)Nc2ccc(N3CCN(C(=O)CC)CC3)c(Cl)c2)cc1. The van der Waals surface area contributed by atoms with Gasteiger partial charge in [-0.3, -0.25) is 14.9 Å². The molecule has 2 aromatic rings. The number of amides is 2. The molecule has 1 fully saturated rings. The standard InChI is InChI=1S/C23H27ClN4O3S/c1-3-21(29)28-13-11-27(12-14-28)20-10-7-17(15-19(20)24)25-23(32)26-22(30)16-5-8-18(9-6-16)31-4-2/h5-10,15H,3-4,11-14H2,1-2H3,(H2,25,26,30,32). The van der Waals surface area contributed by atoms with E-state index in [2.05, 4.69) is 15.5 Å². The fourth-order valence-corrected chi connectivity index (χ4v) is 3.98. The number of thiocarbonyl (C=S) groups is 1. The van der Waals surface area contributed by atoms with Gasteiger partial charge in [-0.15, -0.1) is 0 Å². The fourth-order valence-electron chi connectivity index (χ4n) is 3.47. The minimum Gasteiger partial charge on any atom is -0.494 e. The summed E-state index contributed by atoms with van der Waals surface area (Å²) < 4.78 is 5.38. The van der Waals surface area contributed by atoms with E-state index in [0.717, 1.165) is 18.8 Å². The molecule has 0 radical (unpaired) electrons. The topological polar surface area (TPSA) is 73.9 Å². The maximum atomic E-state index is 12.4. The largest absolute Gasteiger partial charge is 0.494 e. The Bertz CT molecular complexity index is 976. The summed E-state index contributed by atoms with van der Waals surface area (Å²) >= 11 is 11.8. The van der Waals surface area contributed by atoms with Crippen molar-refractivity contribution in [2.24, 2.45) is 0 Å². The third-order valence-electron chi connectivity index (χ3n) is 5.14. The maximum absolute atomic E-state index is 12.4. The van der Waals surface area contributed by atoms with E-state index in [1.54, 1.807) is 30.3 Å². The van der Waals surface area contributed by atoms with Crippen molar-refractivity contribution in [2.45, 2.75) is 20.3 Å². The highest BCUT2D eigenvalue weighted by molar-refractivity contribution is 7.80. The second-order valence-corrected chi connectivity index (χ2v) is 8.07. The van der Waals surface area contributed by atoms with Crippen molar-refractivity contribution in [1.82, 2.24) is 10.2 Å². The molecule has 9 heteroatoms. The molecular weight excluding hydrogens is 448 g/mol. The molecule has 32 heavy (non-hydrogen) atoms. The van der Waals surface area contributed by atoms with Crippen molar-refractivity contribution in [3.8, 4) is 5.75 Å². The molecule has 1 aliphatic rings. The van der Waals surface area contributed by atoms with Crippen LogP contribution < -0.4 is 20.3 Å². The molecule has 3 rings (SSSR count). The number of nitrogens with one attached hydrogen (secondary N) is 2. The number of hydrogen-bond acceptors (Lipinski definition) is 5. The van der Waals surface area contributed by atoms with Crippen molar-refractivity contribution in [3.05, 3.63) is 53.1 Å². The number of rotatable bonds is 6. The van der Waals surface area contributed by atoms with Gasteiger partial charge in [0.05, 0.1) is 17.3 Å². The summed E-state index contributed by atoms with van der Waals surface area (Å²) in [4.78, 5) is 28.3. The first-order chi connectivity index (χ1) is 15.4. The van der Waals surface area contributed by atoms with Crippen LogP contribution in [0.2, 0.25) is 5.02 Å². The first-order valence-corrected chi connectivity index (χ1v) is 11.4. The first-order valence-electron chi connectivity index (χ1n) is 10.6. The Hall–Kier alpha value is -2.84. The van der Waals surface area contributed by atoms with Gasteiger partial charge in [0.1, 0.15) is 5.75 Å². The van der Waals surface area contributed by atoms with Crippen molar-refractivity contribution in [2.75, 3.05) is 43.0 Å². The van der Waals surface area contributed by atoms with E-state index >= 15 is 0 Å². The Balaban J connectivity index is 1.55. The predicted molar refractivity (Wildman–Crippen MR) is 132 cm³/mol. The molecule has 0 aliphatic carbocycles. The van der Waals surface area contributed by atoms with Gasteiger partial charge in [-0.25, -0.2) is 0 Å². The van der Waals surface area contributed by atoms with E-state index in [1.165, 1.54) is 0 Å². The Morgan fingerprint density at radius 3 is 2.34 bits per heavy atom. The highest BCUT2D eigenvalue weighted by Crippen LogP contribution is 2.29. The molecule has 7 nitrogen and oxygen atoms in total. The molecule has 1 saturated heterocycles. The zero-order valence-electron chi connectivity index (χ0n) is 18.2. The average molecular weight is 475 g/mol. The number of hydrogen-bond donors (Lipinski definition) is 2. The Morgan fingerprint density at radius 1 is 1.06 bits per heavy atom. The van der Waals surface area contributed by atoms with Gasteiger partial charge in [-0.2, -0.15) is 0 Å². The van der Waals surface area contributed by atoms with Crippen LogP contribution in [-0.4, -0.2) is 54.6 Å². The minimum atomic E-state index is -0.312. The fraction of sp³-hybridized carbons (Fsp3) is 0.348. The van der Waals surface area contributed by atoms with E-state index in [0.29, 0.717) is 48.1 Å². The van der Waals surface area contributed by atoms with Crippen molar-refractivity contribution >= 4 is 52.1 Å². The summed E-state index contributed by atoms with van der Waals surface area (Å²) in [7, 11) is 0. The second-order valence-electron chi connectivity index (χ2n) is 7.25. The van der Waals surface area contributed by atoms with E-state index in [4.69, 9.17) is 28.6 Å². The minimum absolute atomic E-state index is 0.177. The van der Waals surface area contributed by atoms with Crippen molar-refractivity contribution in [1.29, 1.82) is 0 Å². The van der Waals surface area contributed by atoms with Gasteiger partial charge < -0.3 is 19.9 Å². The van der Waals surface area contributed by atoms with Crippen LogP contribution >= 0.6 is 23.8 Å². The number of carbonyl (C=O) groups excluding carboxylic acids is 2. The number of benzene rings is 2. The van der Waals surface area contributed by atoms with Gasteiger partial charge in [0.25, 0.3) is 5.91 Å². The third-order valence-corrected chi connectivity index (χ3v) is 5.64. The van der Waals surface area contributed by atoms with Crippen LogP contribution in [0.25, 0.3) is 0 Å². The van der Waals surface area contributed by atoms with Crippen LogP contribution in [0.4, 0.5) is 11.4 Å². The van der Waals surface area contributed by atoms with Crippen LogP contribution in [0.15, 0.2) is 42.5 Å². The molecule has 2 amide bonds. The molecule has 0 atom stereocenters. The Kier molecular flexibility index (Phi) is 8.30.